The standard InChI is InChI=1S/C18H12F5N3O4/c1-28-14-6-15(26-17(27)25-14)29-8-9-4-11(19)16(12(20)5-9)30-10-2-3-13(24-7-10)18(21,22)23/h2-7H,8H2,1H3,(H,25,26,27). The summed E-state index contributed by atoms with van der Waals surface area (Å²) in [5.41, 5.74) is -1.86. The summed E-state index contributed by atoms with van der Waals surface area (Å²) in [6.45, 7) is -0.320. The maximum absolute atomic E-state index is 14.3. The molecule has 0 atom stereocenters. The molecule has 0 aliphatic carbocycles. The zero-order valence-electron chi connectivity index (χ0n) is 15.1. The van der Waals surface area contributed by atoms with Gasteiger partial charge in [0.2, 0.25) is 11.8 Å². The maximum Gasteiger partial charge on any atom is 0.433 e. The van der Waals surface area contributed by atoms with Crippen molar-refractivity contribution in [1.29, 1.82) is 0 Å². The molecular weight excluding hydrogens is 417 g/mol. The van der Waals surface area contributed by atoms with E-state index in [0.29, 0.717) is 12.3 Å². The highest BCUT2D eigenvalue weighted by atomic mass is 19.4. The Labute approximate surface area is 165 Å². The molecule has 0 amide bonds. The number of halogens is 5. The Balaban J connectivity index is 1.74. The zero-order valence-corrected chi connectivity index (χ0v) is 15.1. The van der Waals surface area contributed by atoms with Gasteiger partial charge in [0.15, 0.2) is 17.4 Å². The molecule has 1 aromatic carbocycles. The number of methoxy groups -OCH3 is 1. The van der Waals surface area contributed by atoms with Crippen LogP contribution in [0.2, 0.25) is 0 Å². The molecule has 2 heterocycles. The summed E-state index contributed by atoms with van der Waals surface area (Å²) in [4.78, 5) is 20.3. The van der Waals surface area contributed by atoms with Gasteiger partial charge in [-0.25, -0.2) is 18.6 Å². The minimum atomic E-state index is -4.65. The van der Waals surface area contributed by atoms with Crippen LogP contribution in [0.3, 0.4) is 0 Å². The second-order valence-electron chi connectivity index (χ2n) is 5.75. The van der Waals surface area contributed by atoms with E-state index >= 15 is 0 Å². The van der Waals surface area contributed by atoms with Crippen LogP contribution in [-0.4, -0.2) is 22.1 Å². The summed E-state index contributed by atoms with van der Waals surface area (Å²) >= 11 is 0. The highest BCUT2D eigenvalue weighted by Crippen LogP contribution is 2.31. The predicted molar refractivity (Wildman–Crippen MR) is 91.4 cm³/mol. The molecule has 0 radical (unpaired) electrons. The summed E-state index contributed by atoms with van der Waals surface area (Å²) in [6, 6.07) is 4.60. The van der Waals surface area contributed by atoms with Crippen molar-refractivity contribution in [2.45, 2.75) is 12.8 Å². The Morgan fingerprint density at radius 3 is 2.37 bits per heavy atom. The fraction of sp³-hybridized carbons (Fsp3) is 0.167. The van der Waals surface area contributed by atoms with Crippen LogP contribution >= 0.6 is 0 Å². The SMILES string of the molecule is COc1cc(OCc2cc(F)c(Oc3ccc(C(F)(F)F)nc3)c(F)c2)[nH]c(=O)n1. The van der Waals surface area contributed by atoms with Gasteiger partial charge in [-0.15, -0.1) is 0 Å². The van der Waals surface area contributed by atoms with Gasteiger partial charge in [0.25, 0.3) is 0 Å². The van der Waals surface area contributed by atoms with Crippen LogP contribution in [0.1, 0.15) is 11.3 Å². The van der Waals surface area contributed by atoms with Gasteiger partial charge in [-0.05, 0) is 29.8 Å². The molecule has 0 saturated carbocycles. The minimum absolute atomic E-state index is 0.0139. The van der Waals surface area contributed by atoms with Gasteiger partial charge in [0.1, 0.15) is 18.1 Å². The summed E-state index contributed by atoms with van der Waals surface area (Å²) in [5, 5.41) is 0. The van der Waals surface area contributed by atoms with Gasteiger partial charge in [-0.1, -0.05) is 0 Å². The van der Waals surface area contributed by atoms with Crippen LogP contribution in [-0.2, 0) is 12.8 Å². The predicted octanol–water partition coefficient (Wildman–Crippen LogP) is 3.84. The lowest BCUT2D eigenvalue weighted by molar-refractivity contribution is -0.141. The lowest BCUT2D eigenvalue weighted by Gasteiger charge is -2.11. The number of aromatic nitrogens is 3. The highest BCUT2D eigenvalue weighted by Gasteiger charge is 2.32. The molecule has 0 aliphatic rings. The van der Waals surface area contributed by atoms with Crippen molar-refractivity contribution in [2.75, 3.05) is 7.11 Å². The second kappa shape index (κ2) is 8.35. The van der Waals surface area contributed by atoms with Crippen molar-refractivity contribution in [2.24, 2.45) is 0 Å². The van der Waals surface area contributed by atoms with E-state index in [1.54, 1.807) is 0 Å². The number of alkyl halides is 3. The Hall–Kier alpha value is -3.70. The first-order valence-corrected chi connectivity index (χ1v) is 8.13. The Bertz CT molecular complexity index is 1080. The van der Waals surface area contributed by atoms with Crippen molar-refractivity contribution in [1.82, 2.24) is 15.0 Å². The molecule has 0 bridgehead atoms. The first-order chi connectivity index (χ1) is 14.2. The molecule has 12 heteroatoms. The molecular formula is C18H12F5N3O4. The van der Waals surface area contributed by atoms with Gasteiger partial charge in [0, 0.05) is 0 Å². The summed E-state index contributed by atoms with van der Waals surface area (Å²) < 4.78 is 81.1. The molecule has 30 heavy (non-hydrogen) atoms. The molecule has 0 saturated heterocycles. The van der Waals surface area contributed by atoms with E-state index in [4.69, 9.17) is 14.2 Å². The van der Waals surface area contributed by atoms with Crippen LogP contribution in [0.4, 0.5) is 22.0 Å². The van der Waals surface area contributed by atoms with E-state index in [-0.39, 0.29) is 29.7 Å². The fourth-order valence-corrected chi connectivity index (χ4v) is 2.28. The molecule has 3 aromatic rings. The van der Waals surface area contributed by atoms with E-state index in [2.05, 4.69) is 15.0 Å². The van der Waals surface area contributed by atoms with E-state index in [1.807, 2.05) is 0 Å². The van der Waals surface area contributed by atoms with E-state index in [0.717, 1.165) is 18.2 Å². The van der Waals surface area contributed by atoms with Crippen molar-refractivity contribution in [3.63, 3.8) is 0 Å². The number of hydrogen-bond donors (Lipinski definition) is 1. The summed E-state index contributed by atoms with van der Waals surface area (Å²) in [5.74, 6) is -3.39. The number of benzene rings is 1. The lowest BCUT2D eigenvalue weighted by Crippen LogP contribution is -2.13. The maximum atomic E-state index is 14.3. The minimum Gasteiger partial charge on any atom is -0.481 e. The van der Waals surface area contributed by atoms with Crippen LogP contribution in [0.25, 0.3) is 0 Å². The van der Waals surface area contributed by atoms with Crippen LogP contribution in [0.15, 0.2) is 41.3 Å². The molecule has 0 aliphatic heterocycles. The van der Waals surface area contributed by atoms with Gasteiger partial charge < -0.3 is 14.2 Å². The number of H-pyrrole nitrogens is 1. The number of pyridine rings is 1. The number of nitrogens with one attached hydrogen (secondary N) is 1. The lowest BCUT2D eigenvalue weighted by atomic mass is 10.2. The van der Waals surface area contributed by atoms with Crippen LogP contribution < -0.4 is 19.9 Å². The molecule has 3 rings (SSSR count). The topological polar surface area (TPSA) is 86.3 Å². The summed E-state index contributed by atoms with van der Waals surface area (Å²) in [7, 11) is 1.29. The quantitative estimate of drug-likeness (QED) is 0.600. The first kappa shape index (κ1) is 21.0. The molecule has 0 spiro atoms. The molecule has 0 fully saturated rings. The van der Waals surface area contributed by atoms with Crippen molar-refractivity contribution < 1.29 is 36.2 Å². The van der Waals surface area contributed by atoms with E-state index < -0.39 is 34.9 Å². The second-order valence-corrected chi connectivity index (χ2v) is 5.75. The number of rotatable bonds is 6. The number of hydrogen-bond acceptors (Lipinski definition) is 6. The smallest absolute Gasteiger partial charge is 0.433 e. The van der Waals surface area contributed by atoms with Crippen molar-refractivity contribution >= 4 is 0 Å². The van der Waals surface area contributed by atoms with Gasteiger partial charge in [-0.2, -0.15) is 18.2 Å². The van der Waals surface area contributed by atoms with Gasteiger partial charge in [0.05, 0.1) is 19.4 Å². The zero-order chi connectivity index (χ0) is 21.9. The molecule has 2 aromatic heterocycles. The Kier molecular flexibility index (Phi) is 5.85. The van der Waals surface area contributed by atoms with E-state index in [9.17, 15) is 26.7 Å². The number of aromatic amines is 1. The number of nitrogens with zero attached hydrogens (tertiary/aromatic N) is 2. The fourth-order valence-electron chi connectivity index (χ4n) is 2.28. The third kappa shape index (κ3) is 5.01. The molecule has 7 nitrogen and oxygen atoms in total. The number of ether oxygens (including phenoxy) is 3. The van der Waals surface area contributed by atoms with Crippen LogP contribution in [0.5, 0.6) is 23.3 Å². The van der Waals surface area contributed by atoms with Gasteiger partial charge >= 0.3 is 11.9 Å². The van der Waals surface area contributed by atoms with Crippen molar-refractivity contribution in [3.05, 3.63) is 69.9 Å². The molecule has 1 N–H and O–H groups in total. The van der Waals surface area contributed by atoms with E-state index in [1.165, 1.54) is 13.2 Å². The van der Waals surface area contributed by atoms with Crippen LogP contribution in [0, 0.1) is 11.6 Å². The third-order valence-electron chi connectivity index (χ3n) is 3.60. The Morgan fingerprint density at radius 2 is 1.80 bits per heavy atom. The first-order valence-electron chi connectivity index (χ1n) is 8.13. The van der Waals surface area contributed by atoms with Crippen molar-refractivity contribution in [3.8, 4) is 23.3 Å². The summed E-state index contributed by atoms with van der Waals surface area (Å²) in [6.07, 6.45) is -3.95. The Morgan fingerprint density at radius 1 is 1.10 bits per heavy atom. The third-order valence-corrected chi connectivity index (χ3v) is 3.60. The van der Waals surface area contributed by atoms with Gasteiger partial charge in [-0.3, -0.25) is 4.98 Å². The largest absolute Gasteiger partial charge is 0.481 e. The average Bonchev–Trinajstić information content (AvgIpc) is 2.68. The molecule has 158 valence electrons. The normalized spacial score (nSPS) is 11.3. The average molecular weight is 429 g/mol. The monoisotopic (exact) mass is 429 g/mol. The molecule has 0 unspecified atom stereocenters. The highest BCUT2D eigenvalue weighted by molar-refractivity contribution is 5.35.